The van der Waals surface area contributed by atoms with Crippen LogP contribution in [-0.2, 0) is 13.0 Å². The number of amides is 1. The molecule has 0 aliphatic heterocycles. The zero-order valence-electron chi connectivity index (χ0n) is 12.0. The number of carbonyl (C=O) groups excluding carboxylic acids is 1. The molecule has 0 radical (unpaired) electrons. The molecule has 1 amide bonds. The molecule has 2 aromatic rings. The Morgan fingerprint density at radius 1 is 1.43 bits per heavy atom. The molecule has 0 aliphatic rings. The molecule has 0 aliphatic carbocycles. The Kier molecular flexibility index (Phi) is 4.89. The molecule has 0 atom stereocenters. The van der Waals surface area contributed by atoms with Gasteiger partial charge in [-0.05, 0) is 18.2 Å². The van der Waals surface area contributed by atoms with E-state index in [1.807, 2.05) is 37.2 Å². The number of carbonyl (C=O) groups is 1. The summed E-state index contributed by atoms with van der Waals surface area (Å²) in [7, 11) is 3.85. The third-order valence-electron chi connectivity index (χ3n) is 2.90. The number of rotatable bonds is 6. The van der Waals surface area contributed by atoms with Crippen LogP contribution in [0.5, 0.6) is 0 Å². The fourth-order valence-corrected chi connectivity index (χ4v) is 1.77. The van der Waals surface area contributed by atoms with Crippen molar-refractivity contribution in [1.82, 2.24) is 15.5 Å². The molecule has 2 rings (SSSR count). The monoisotopic (exact) mass is 290 g/mol. The second-order valence-electron chi connectivity index (χ2n) is 4.71. The van der Waals surface area contributed by atoms with E-state index in [9.17, 15) is 4.79 Å². The van der Waals surface area contributed by atoms with Gasteiger partial charge in [0.15, 0.2) is 5.82 Å². The SMILES string of the molecule is CN(C)c1cccc(C(=O)NCCc2noc(CO)n2)c1. The standard InChI is InChI=1S/C14H18N4O3/c1-18(2)11-5-3-4-10(8-11)14(20)15-7-6-12-16-13(9-19)21-17-12/h3-5,8,19H,6-7,9H2,1-2H3,(H,15,20). The van der Waals surface area contributed by atoms with E-state index in [4.69, 9.17) is 9.63 Å². The van der Waals surface area contributed by atoms with Gasteiger partial charge in [-0.25, -0.2) is 0 Å². The maximum Gasteiger partial charge on any atom is 0.252 e. The molecule has 0 saturated carbocycles. The summed E-state index contributed by atoms with van der Waals surface area (Å²) >= 11 is 0. The highest BCUT2D eigenvalue weighted by atomic mass is 16.5. The van der Waals surface area contributed by atoms with E-state index in [1.54, 1.807) is 6.07 Å². The highest BCUT2D eigenvalue weighted by Crippen LogP contribution is 2.13. The summed E-state index contributed by atoms with van der Waals surface area (Å²) in [4.78, 5) is 17.9. The lowest BCUT2D eigenvalue weighted by molar-refractivity contribution is 0.0954. The quantitative estimate of drug-likeness (QED) is 0.809. The van der Waals surface area contributed by atoms with Gasteiger partial charge in [0.2, 0.25) is 0 Å². The fraction of sp³-hybridized carbons (Fsp3) is 0.357. The summed E-state index contributed by atoms with van der Waals surface area (Å²) in [5, 5.41) is 15.3. The summed E-state index contributed by atoms with van der Waals surface area (Å²) in [6.45, 7) is 0.117. The van der Waals surface area contributed by atoms with Gasteiger partial charge in [0.25, 0.3) is 11.8 Å². The summed E-state index contributed by atoms with van der Waals surface area (Å²) in [6, 6.07) is 7.37. The minimum atomic E-state index is -0.281. The van der Waals surface area contributed by atoms with Crippen molar-refractivity contribution in [1.29, 1.82) is 0 Å². The van der Waals surface area contributed by atoms with Crippen molar-refractivity contribution in [2.45, 2.75) is 13.0 Å². The first kappa shape index (κ1) is 15.0. The molecule has 7 heteroatoms. The van der Waals surface area contributed by atoms with Gasteiger partial charge in [0.1, 0.15) is 6.61 Å². The minimum Gasteiger partial charge on any atom is -0.387 e. The van der Waals surface area contributed by atoms with Gasteiger partial charge in [0, 0.05) is 38.3 Å². The van der Waals surface area contributed by atoms with Crippen molar-refractivity contribution < 1.29 is 14.4 Å². The van der Waals surface area contributed by atoms with Crippen molar-refractivity contribution in [3.05, 3.63) is 41.5 Å². The van der Waals surface area contributed by atoms with Gasteiger partial charge in [-0.3, -0.25) is 4.79 Å². The Morgan fingerprint density at radius 3 is 2.90 bits per heavy atom. The maximum absolute atomic E-state index is 12.0. The highest BCUT2D eigenvalue weighted by molar-refractivity contribution is 5.95. The third-order valence-corrected chi connectivity index (χ3v) is 2.90. The summed E-state index contributed by atoms with van der Waals surface area (Å²) in [6.07, 6.45) is 0.447. The third kappa shape index (κ3) is 4.03. The molecule has 0 bridgehead atoms. The van der Waals surface area contributed by atoms with E-state index in [-0.39, 0.29) is 18.4 Å². The first-order valence-electron chi connectivity index (χ1n) is 6.58. The predicted molar refractivity (Wildman–Crippen MR) is 77.0 cm³/mol. The molecule has 2 N–H and O–H groups in total. The second-order valence-corrected chi connectivity index (χ2v) is 4.71. The summed E-state index contributed by atoms with van der Waals surface area (Å²) < 4.78 is 4.77. The molecule has 21 heavy (non-hydrogen) atoms. The number of aliphatic hydroxyl groups excluding tert-OH is 1. The molecule has 0 unspecified atom stereocenters. The lowest BCUT2D eigenvalue weighted by atomic mass is 10.2. The van der Waals surface area contributed by atoms with Crippen LogP contribution in [0.3, 0.4) is 0 Å². The van der Waals surface area contributed by atoms with Crippen LogP contribution >= 0.6 is 0 Å². The average molecular weight is 290 g/mol. The average Bonchev–Trinajstić information content (AvgIpc) is 2.95. The number of nitrogens with one attached hydrogen (secondary N) is 1. The van der Waals surface area contributed by atoms with Crippen LogP contribution in [-0.4, -0.2) is 41.8 Å². The van der Waals surface area contributed by atoms with Gasteiger partial charge in [-0.1, -0.05) is 11.2 Å². The number of hydrogen-bond donors (Lipinski definition) is 2. The van der Waals surface area contributed by atoms with E-state index < -0.39 is 0 Å². The van der Waals surface area contributed by atoms with Crippen LogP contribution in [0.4, 0.5) is 5.69 Å². The maximum atomic E-state index is 12.0. The number of aliphatic hydroxyl groups is 1. The van der Waals surface area contributed by atoms with E-state index >= 15 is 0 Å². The van der Waals surface area contributed by atoms with Crippen molar-refractivity contribution in [3.63, 3.8) is 0 Å². The molecule has 0 fully saturated rings. The Hall–Kier alpha value is -2.41. The van der Waals surface area contributed by atoms with Gasteiger partial charge in [0.05, 0.1) is 0 Å². The van der Waals surface area contributed by atoms with Gasteiger partial charge < -0.3 is 19.8 Å². The molecule has 112 valence electrons. The second kappa shape index (κ2) is 6.85. The molecule has 7 nitrogen and oxygen atoms in total. The van der Waals surface area contributed by atoms with E-state index in [2.05, 4.69) is 15.5 Å². The van der Waals surface area contributed by atoms with E-state index in [1.165, 1.54) is 0 Å². The lowest BCUT2D eigenvalue weighted by Gasteiger charge is -2.13. The minimum absolute atomic E-state index is 0.149. The Bertz CT molecular complexity index is 610. The van der Waals surface area contributed by atoms with Crippen LogP contribution in [0.25, 0.3) is 0 Å². The normalized spacial score (nSPS) is 10.4. The van der Waals surface area contributed by atoms with Crippen molar-refractivity contribution in [2.24, 2.45) is 0 Å². The van der Waals surface area contributed by atoms with Crippen LogP contribution < -0.4 is 10.2 Å². The number of benzene rings is 1. The number of anilines is 1. The van der Waals surface area contributed by atoms with Gasteiger partial charge in [-0.15, -0.1) is 0 Å². The summed E-state index contributed by atoms with van der Waals surface area (Å²) in [5.41, 5.74) is 1.57. The highest BCUT2D eigenvalue weighted by Gasteiger charge is 2.08. The molecule has 1 heterocycles. The van der Waals surface area contributed by atoms with Crippen LogP contribution in [0.15, 0.2) is 28.8 Å². The van der Waals surface area contributed by atoms with E-state index in [0.717, 1.165) is 5.69 Å². The molecule has 0 saturated heterocycles. The Morgan fingerprint density at radius 2 is 2.24 bits per heavy atom. The Balaban J connectivity index is 1.88. The lowest BCUT2D eigenvalue weighted by Crippen LogP contribution is -2.26. The molecular weight excluding hydrogens is 272 g/mol. The number of hydrogen-bond acceptors (Lipinski definition) is 6. The van der Waals surface area contributed by atoms with Gasteiger partial charge in [-0.2, -0.15) is 4.98 Å². The van der Waals surface area contributed by atoms with Crippen LogP contribution in [0.2, 0.25) is 0 Å². The van der Waals surface area contributed by atoms with Crippen molar-refractivity contribution >= 4 is 11.6 Å². The largest absolute Gasteiger partial charge is 0.387 e. The first-order chi connectivity index (χ1) is 10.1. The smallest absolute Gasteiger partial charge is 0.252 e. The zero-order chi connectivity index (χ0) is 15.2. The van der Waals surface area contributed by atoms with Crippen molar-refractivity contribution in [2.75, 3.05) is 25.5 Å². The molecule has 0 spiro atoms. The molecule has 1 aromatic carbocycles. The van der Waals surface area contributed by atoms with E-state index in [0.29, 0.717) is 24.4 Å². The molecular formula is C14H18N4O3. The first-order valence-corrected chi connectivity index (χ1v) is 6.58. The summed E-state index contributed by atoms with van der Waals surface area (Å²) in [5.74, 6) is 0.487. The van der Waals surface area contributed by atoms with Gasteiger partial charge >= 0.3 is 0 Å². The fourth-order valence-electron chi connectivity index (χ4n) is 1.77. The van der Waals surface area contributed by atoms with Crippen LogP contribution in [0.1, 0.15) is 22.1 Å². The zero-order valence-corrected chi connectivity index (χ0v) is 12.0. The van der Waals surface area contributed by atoms with Crippen LogP contribution in [0, 0.1) is 0 Å². The number of aromatic nitrogens is 2. The van der Waals surface area contributed by atoms with Crippen molar-refractivity contribution in [3.8, 4) is 0 Å². The number of nitrogens with zero attached hydrogens (tertiary/aromatic N) is 3. The molecule has 1 aromatic heterocycles. The topological polar surface area (TPSA) is 91.5 Å². The predicted octanol–water partition coefficient (Wildman–Crippen LogP) is 0.600. The Labute approximate surface area is 122 Å².